The summed E-state index contributed by atoms with van der Waals surface area (Å²) >= 11 is 9.50. The monoisotopic (exact) mass is 587 g/mol. The van der Waals surface area contributed by atoms with Gasteiger partial charge in [-0.15, -0.1) is 0 Å². The first kappa shape index (κ1) is 28.9. The van der Waals surface area contributed by atoms with Crippen LogP contribution in [0.3, 0.4) is 0 Å². The van der Waals surface area contributed by atoms with Crippen molar-refractivity contribution in [3.05, 3.63) is 57.5 Å². The summed E-state index contributed by atoms with van der Waals surface area (Å²) in [5.41, 5.74) is 0.923. The molecular weight excluding hydrogens is 558 g/mol. The standard InChI is InChI=1S/C24H31BrClN3O5S/c1-6-16(2)27-24(31)17(3)28(14-18-7-9-19(25)10-8-18)23(30)15-29(35(5,32)33)21-13-20(26)11-12-22(21)34-4/h7-13,16-17H,6,14-15H2,1-5H3,(H,27,31)/t16-,17+/m0/s1. The number of ether oxygens (including phenoxy) is 1. The van der Waals surface area contributed by atoms with Gasteiger partial charge in [-0.05, 0) is 56.2 Å². The second kappa shape index (κ2) is 12.6. The number of benzene rings is 2. The summed E-state index contributed by atoms with van der Waals surface area (Å²) in [6.07, 6.45) is 1.73. The number of hydrogen-bond acceptors (Lipinski definition) is 5. The van der Waals surface area contributed by atoms with Crippen LogP contribution in [0.25, 0.3) is 0 Å². The predicted molar refractivity (Wildman–Crippen MR) is 142 cm³/mol. The molecule has 0 aliphatic rings. The van der Waals surface area contributed by atoms with Gasteiger partial charge in [0.25, 0.3) is 0 Å². The lowest BCUT2D eigenvalue weighted by molar-refractivity contribution is -0.139. The Kier molecular flexibility index (Phi) is 10.4. The molecule has 2 aromatic rings. The Bertz CT molecular complexity index is 1140. The molecule has 0 bridgehead atoms. The van der Waals surface area contributed by atoms with Crippen molar-refractivity contribution in [2.75, 3.05) is 24.2 Å². The van der Waals surface area contributed by atoms with E-state index in [1.54, 1.807) is 13.0 Å². The number of halogens is 2. The zero-order valence-electron chi connectivity index (χ0n) is 20.4. The number of methoxy groups -OCH3 is 1. The third-order valence-electron chi connectivity index (χ3n) is 5.52. The molecule has 1 N–H and O–H groups in total. The van der Waals surface area contributed by atoms with E-state index >= 15 is 0 Å². The number of carbonyl (C=O) groups is 2. The molecule has 0 spiro atoms. The first-order chi connectivity index (χ1) is 16.4. The molecule has 0 unspecified atom stereocenters. The first-order valence-corrected chi connectivity index (χ1v) is 14.0. The van der Waals surface area contributed by atoms with Crippen LogP contribution < -0.4 is 14.4 Å². The summed E-state index contributed by atoms with van der Waals surface area (Å²) < 4.78 is 32.6. The van der Waals surface area contributed by atoms with Gasteiger partial charge < -0.3 is 15.0 Å². The highest BCUT2D eigenvalue weighted by Gasteiger charge is 2.31. The van der Waals surface area contributed by atoms with Crippen molar-refractivity contribution in [1.82, 2.24) is 10.2 Å². The van der Waals surface area contributed by atoms with Crippen LogP contribution >= 0.6 is 27.5 Å². The van der Waals surface area contributed by atoms with Crippen LogP contribution in [-0.2, 0) is 26.2 Å². The fourth-order valence-electron chi connectivity index (χ4n) is 3.29. The molecule has 2 aromatic carbocycles. The fourth-order valence-corrected chi connectivity index (χ4v) is 4.56. The summed E-state index contributed by atoms with van der Waals surface area (Å²) in [6.45, 7) is 5.03. The minimum absolute atomic E-state index is 0.0715. The quantitative estimate of drug-likeness (QED) is 0.424. The van der Waals surface area contributed by atoms with E-state index in [4.69, 9.17) is 16.3 Å². The zero-order chi connectivity index (χ0) is 26.3. The number of nitrogens with one attached hydrogen (secondary N) is 1. The van der Waals surface area contributed by atoms with Gasteiger partial charge in [-0.1, -0.05) is 46.6 Å². The van der Waals surface area contributed by atoms with Gasteiger partial charge in [-0.2, -0.15) is 0 Å². The zero-order valence-corrected chi connectivity index (χ0v) is 23.6. The summed E-state index contributed by atoms with van der Waals surface area (Å²) in [5.74, 6) is -0.627. The fraction of sp³-hybridized carbons (Fsp3) is 0.417. The molecule has 192 valence electrons. The third-order valence-corrected chi connectivity index (χ3v) is 7.41. The average Bonchev–Trinajstić information content (AvgIpc) is 2.80. The highest BCUT2D eigenvalue weighted by Crippen LogP contribution is 2.33. The second-order valence-corrected chi connectivity index (χ2v) is 11.5. The van der Waals surface area contributed by atoms with Crippen LogP contribution in [0.1, 0.15) is 32.8 Å². The van der Waals surface area contributed by atoms with Crippen molar-refractivity contribution in [3.8, 4) is 5.75 Å². The summed E-state index contributed by atoms with van der Waals surface area (Å²) in [5, 5.41) is 3.18. The van der Waals surface area contributed by atoms with E-state index < -0.39 is 28.5 Å². The van der Waals surface area contributed by atoms with Crippen LogP contribution in [0, 0.1) is 0 Å². The number of anilines is 1. The topological polar surface area (TPSA) is 96.0 Å². The van der Waals surface area contributed by atoms with Crippen molar-refractivity contribution in [3.63, 3.8) is 0 Å². The number of amides is 2. The van der Waals surface area contributed by atoms with E-state index in [9.17, 15) is 18.0 Å². The van der Waals surface area contributed by atoms with Crippen LogP contribution in [-0.4, -0.2) is 57.1 Å². The summed E-state index contributed by atoms with van der Waals surface area (Å²) in [7, 11) is -2.50. The lowest BCUT2D eigenvalue weighted by atomic mass is 10.1. The van der Waals surface area contributed by atoms with E-state index in [1.165, 1.54) is 24.1 Å². The molecule has 0 aliphatic carbocycles. The van der Waals surface area contributed by atoms with E-state index in [2.05, 4.69) is 21.2 Å². The van der Waals surface area contributed by atoms with Crippen LogP contribution in [0.15, 0.2) is 46.9 Å². The minimum Gasteiger partial charge on any atom is -0.495 e. The highest BCUT2D eigenvalue weighted by molar-refractivity contribution is 9.10. The van der Waals surface area contributed by atoms with Gasteiger partial charge in [-0.3, -0.25) is 13.9 Å². The van der Waals surface area contributed by atoms with E-state index in [1.807, 2.05) is 38.1 Å². The maximum atomic E-state index is 13.6. The lowest BCUT2D eigenvalue weighted by Gasteiger charge is -2.32. The maximum absolute atomic E-state index is 13.6. The van der Waals surface area contributed by atoms with E-state index in [0.29, 0.717) is 0 Å². The molecule has 2 amide bonds. The van der Waals surface area contributed by atoms with Gasteiger partial charge in [0.05, 0.1) is 19.1 Å². The predicted octanol–water partition coefficient (Wildman–Crippen LogP) is 4.21. The molecule has 0 heterocycles. The van der Waals surface area contributed by atoms with Crippen molar-refractivity contribution in [2.45, 2.75) is 45.8 Å². The largest absolute Gasteiger partial charge is 0.495 e. The Morgan fingerprint density at radius 3 is 2.31 bits per heavy atom. The van der Waals surface area contributed by atoms with Crippen molar-refractivity contribution in [2.24, 2.45) is 0 Å². The smallest absolute Gasteiger partial charge is 0.244 e. The molecule has 0 aromatic heterocycles. The normalized spacial score (nSPS) is 13.0. The third kappa shape index (κ3) is 8.12. The maximum Gasteiger partial charge on any atom is 0.244 e. The van der Waals surface area contributed by atoms with Gasteiger partial charge >= 0.3 is 0 Å². The minimum atomic E-state index is -3.90. The van der Waals surface area contributed by atoms with Crippen LogP contribution in [0.4, 0.5) is 5.69 Å². The number of rotatable bonds is 11. The number of sulfonamides is 1. The lowest BCUT2D eigenvalue weighted by Crippen LogP contribution is -2.52. The Balaban J connectivity index is 2.45. The van der Waals surface area contributed by atoms with Crippen LogP contribution in [0.5, 0.6) is 5.75 Å². The van der Waals surface area contributed by atoms with Gasteiger partial charge in [0, 0.05) is 22.1 Å². The molecule has 0 saturated carbocycles. The van der Waals surface area contributed by atoms with E-state index in [0.717, 1.165) is 27.0 Å². The first-order valence-electron chi connectivity index (χ1n) is 11.0. The molecule has 35 heavy (non-hydrogen) atoms. The molecular formula is C24H31BrClN3O5S. The molecule has 0 saturated heterocycles. The molecule has 0 fully saturated rings. The van der Waals surface area contributed by atoms with Gasteiger partial charge in [0.15, 0.2) is 0 Å². The highest BCUT2D eigenvalue weighted by atomic mass is 79.9. The van der Waals surface area contributed by atoms with E-state index in [-0.39, 0.29) is 35.0 Å². The number of carbonyl (C=O) groups excluding carboxylic acids is 2. The van der Waals surface area contributed by atoms with Crippen molar-refractivity contribution >= 4 is 55.1 Å². The molecule has 11 heteroatoms. The second-order valence-electron chi connectivity index (χ2n) is 8.23. The molecule has 0 radical (unpaired) electrons. The molecule has 2 atom stereocenters. The number of hydrogen-bond donors (Lipinski definition) is 1. The Morgan fingerprint density at radius 2 is 1.77 bits per heavy atom. The Hall–Kier alpha value is -2.30. The van der Waals surface area contributed by atoms with Crippen molar-refractivity contribution in [1.29, 1.82) is 0 Å². The van der Waals surface area contributed by atoms with Gasteiger partial charge in [-0.25, -0.2) is 8.42 Å². The van der Waals surface area contributed by atoms with Crippen molar-refractivity contribution < 1.29 is 22.7 Å². The Labute approximate surface area is 220 Å². The van der Waals surface area contributed by atoms with Gasteiger partial charge in [0.2, 0.25) is 21.8 Å². The van der Waals surface area contributed by atoms with Gasteiger partial charge in [0.1, 0.15) is 18.3 Å². The average molecular weight is 589 g/mol. The number of nitrogens with zero attached hydrogens (tertiary/aromatic N) is 2. The Morgan fingerprint density at radius 1 is 1.14 bits per heavy atom. The summed E-state index contributed by atoms with van der Waals surface area (Å²) in [4.78, 5) is 27.9. The molecule has 0 aliphatic heterocycles. The van der Waals surface area contributed by atoms with Crippen LogP contribution in [0.2, 0.25) is 5.02 Å². The summed E-state index contributed by atoms with van der Waals surface area (Å²) in [6, 6.07) is 10.9. The molecule has 8 nitrogen and oxygen atoms in total. The molecule has 2 rings (SSSR count). The SMILES string of the molecule is CC[C@H](C)NC(=O)[C@@H](C)N(Cc1ccc(Br)cc1)C(=O)CN(c1cc(Cl)ccc1OC)S(C)(=O)=O.